The molecule has 3 nitrogen and oxygen atoms in total. The van der Waals surface area contributed by atoms with Crippen LogP contribution >= 0.6 is 0 Å². The summed E-state index contributed by atoms with van der Waals surface area (Å²) in [6.07, 6.45) is 10.9. The van der Waals surface area contributed by atoms with Crippen LogP contribution in [-0.2, 0) is 0 Å². The molecule has 5 aromatic rings. The van der Waals surface area contributed by atoms with Crippen LogP contribution in [0, 0.1) is 0 Å². The van der Waals surface area contributed by atoms with E-state index in [1.807, 2.05) is 66.7 Å². The largest absolute Gasteiger partial charge is 0.398 e. The molecule has 0 saturated heterocycles. The SMILES string of the molecule is C=C(/N=C(\C=C(/N)c1ccccc1)c1ccccc1)c1cccc(-c2ccc(N3c4ccccc4C4C=CC=CC43)cc2)c1. The van der Waals surface area contributed by atoms with Crippen LogP contribution in [0.4, 0.5) is 11.4 Å². The Kier molecular flexibility index (Phi) is 7.35. The number of hydrogen-bond acceptors (Lipinski definition) is 3. The van der Waals surface area contributed by atoms with E-state index < -0.39 is 0 Å². The molecule has 2 aliphatic rings. The zero-order valence-electron chi connectivity index (χ0n) is 24.4. The standard InChI is InChI=1S/C41H33N3/c1-29(43-39(32-15-6-3-7-16-32)28-38(42)31-13-4-2-5-14-31)33-17-12-18-34(27-33)30-23-25-35(26-24-30)44-40-21-10-8-19-36(40)37-20-9-11-22-41(37)44/h2-28,36,40H,1,42H2/b38-28-,43-39+. The van der Waals surface area contributed by atoms with E-state index in [0.29, 0.717) is 17.3 Å². The smallest absolute Gasteiger partial charge is 0.0729 e. The topological polar surface area (TPSA) is 41.6 Å². The predicted molar refractivity (Wildman–Crippen MR) is 186 cm³/mol. The number of rotatable bonds is 7. The van der Waals surface area contributed by atoms with Crippen molar-refractivity contribution < 1.29 is 0 Å². The van der Waals surface area contributed by atoms with Crippen LogP contribution in [0.15, 0.2) is 175 Å². The first-order valence-electron chi connectivity index (χ1n) is 15.0. The summed E-state index contributed by atoms with van der Waals surface area (Å²) in [6.45, 7) is 4.35. The molecular weight excluding hydrogens is 534 g/mol. The lowest BCUT2D eigenvalue weighted by atomic mass is 9.91. The van der Waals surface area contributed by atoms with Gasteiger partial charge >= 0.3 is 0 Å². The van der Waals surface area contributed by atoms with Crippen LogP contribution in [0.25, 0.3) is 22.5 Å². The Morgan fingerprint density at radius 2 is 1.32 bits per heavy atom. The summed E-state index contributed by atoms with van der Waals surface area (Å²) in [5, 5.41) is 0. The van der Waals surface area contributed by atoms with E-state index in [4.69, 9.17) is 10.7 Å². The number of allylic oxidation sites excluding steroid dienone is 3. The van der Waals surface area contributed by atoms with Gasteiger partial charge in [0.05, 0.1) is 17.5 Å². The van der Waals surface area contributed by atoms with Crippen molar-refractivity contribution in [2.24, 2.45) is 10.7 Å². The van der Waals surface area contributed by atoms with Crippen molar-refractivity contribution in [3.8, 4) is 11.1 Å². The summed E-state index contributed by atoms with van der Waals surface area (Å²) in [5.41, 5.74) is 17.6. The zero-order valence-corrected chi connectivity index (χ0v) is 24.4. The van der Waals surface area contributed by atoms with Crippen LogP contribution in [-0.4, -0.2) is 11.8 Å². The average molecular weight is 568 g/mol. The van der Waals surface area contributed by atoms with Crippen LogP contribution in [0.3, 0.4) is 0 Å². The van der Waals surface area contributed by atoms with Gasteiger partial charge < -0.3 is 10.6 Å². The zero-order chi connectivity index (χ0) is 29.9. The molecule has 3 heteroatoms. The van der Waals surface area contributed by atoms with Crippen LogP contribution in [0.1, 0.15) is 28.2 Å². The van der Waals surface area contributed by atoms with Gasteiger partial charge in [0.1, 0.15) is 0 Å². The summed E-state index contributed by atoms with van der Waals surface area (Å²) in [4.78, 5) is 7.45. The Morgan fingerprint density at radius 1 is 0.659 bits per heavy atom. The predicted octanol–water partition coefficient (Wildman–Crippen LogP) is 9.54. The summed E-state index contributed by atoms with van der Waals surface area (Å²) in [7, 11) is 0. The molecule has 1 heterocycles. The van der Waals surface area contributed by atoms with Crippen molar-refractivity contribution in [3.05, 3.63) is 193 Å². The van der Waals surface area contributed by atoms with E-state index in [2.05, 4.69) is 109 Å². The lowest BCUT2D eigenvalue weighted by molar-refractivity contribution is 0.745. The molecule has 2 atom stereocenters. The Morgan fingerprint density at radius 3 is 2.09 bits per heavy atom. The first kappa shape index (κ1) is 27.2. The van der Waals surface area contributed by atoms with Crippen molar-refractivity contribution in [2.45, 2.75) is 12.0 Å². The van der Waals surface area contributed by atoms with Gasteiger partial charge in [0, 0.05) is 34.1 Å². The minimum absolute atomic E-state index is 0.288. The fraction of sp³-hybridized carbons (Fsp3) is 0.0488. The maximum Gasteiger partial charge on any atom is 0.0729 e. The first-order valence-corrected chi connectivity index (χ1v) is 15.0. The molecular formula is C41H33N3. The summed E-state index contributed by atoms with van der Waals surface area (Å²) in [5.74, 6) is 0.373. The molecule has 2 unspecified atom stereocenters. The number of fused-ring (bicyclic) bond motifs is 3. The minimum Gasteiger partial charge on any atom is -0.398 e. The minimum atomic E-state index is 0.288. The molecule has 0 aromatic heterocycles. The molecule has 7 rings (SSSR count). The second kappa shape index (κ2) is 11.9. The third-order valence-electron chi connectivity index (χ3n) is 8.36. The Bertz CT molecular complexity index is 1930. The maximum absolute atomic E-state index is 6.51. The molecule has 212 valence electrons. The molecule has 0 amide bonds. The van der Waals surface area contributed by atoms with Crippen molar-refractivity contribution in [3.63, 3.8) is 0 Å². The highest BCUT2D eigenvalue weighted by atomic mass is 15.2. The van der Waals surface area contributed by atoms with Crippen LogP contribution in [0.2, 0.25) is 0 Å². The number of nitrogens with two attached hydrogens (primary N) is 1. The number of hydrogen-bond donors (Lipinski definition) is 1. The fourth-order valence-corrected chi connectivity index (χ4v) is 6.14. The molecule has 44 heavy (non-hydrogen) atoms. The van der Waals surface area contributed by atoms with Crippen molar-refractivity contribution in [2.75, 3.05) is 4.90 Å². The van der Waals surface area contributed by atoms with Gasteiger partial charge in [0.2, 0.25) is 0 Å². The van der Waals surface area contributed by atoms with E-state index in [1.54, 1.807) is 0 Å². The van der Waals surface area contributed by atoms with Crippen LogP contribution in [0.5, 0.6) is 0 Å². The summed E-state index contributed by atoms with van der Waals surface area (Å²) >= 11 is 0. The van der Waals surface area contributed by atoms with E-state index >= 15 is 0 Å². The van der Waals surface area contributed by atoms with Crippen molar-refractivity contribution in [1.82, 2.24) is 0 Å². The quantitative estimate of drug-likeness (QED) is 0.199. The number of nitrogens with zero attached hydrogens (tertiary/aromatic N) is 2. The molecule has 0 spiro atoms. The molecule has 0 radical (unpaired) electrons. The molecule has 1 aliphatic heterocycles. The second-order valence-electron chi connectivity index (χ2n) is 11.1. The number of para-hydroxylation sites is 1. The van der Waals surface area contributed by atoms with E-state index in [-0.39, 0.29) is 6.04 Å². The molecule has 2 N–H and O–H groups in total. The highest BCUT2D eigenvalue weighted by Crippen LogP contribution is 2.47. The monoisotopic (exact) mass is 567 g/mol. The molecule has 0 saturated carbocycles. The number of aliphatic imine (C=N–C) groups is 1. The Balaban J connectivity index is 1.18. The van der Waals surface area contributed by atoms with Crippen LogP contribution < -0.4 is 10.6 Å². The highest BCUT2D eigenvalue weighted by Gasteiger charge is 2.36. The molecule has 0 bridgehead atoms. The highest BCUT2D eigenvalue weighted by molar-refractivity contribution is 6.13. The van der Waals surface area contributed by atoms with Crippen molar-refractivity contribution in [1.29, 1.82) is 0 Å². The Labute approximate surface area is 259 Å². The van der Waals surface area contributed by atoms with Gasteiger partial charge in [-0.05, 0) is 52.6 Å². The molecule has 1 aliphatic carbocycles. The first-order chi connectivity index (χ1) is 21.7. The van der Waals surface area contributed by atoms with Gasteiger partial charge in [0.25, 0.3) is 0 Å². The van der Waals surface area contributed by atoms with Crippen molar-refractivity contribution >= 4 is 28.5 Å². The van der Waals surface area contributed by atoms with Gasteiger partial charge in [-0.25, -0.2) is 4.99 Å². The second-order valence-corrected chi connectivity index (χ2v) is 11.1. The molecule has 5 aromatic carbocycles. The van der Waals surface area contributed by atoms with E-state index in [9.17, 15) is 0 Å². The summed E-state index contributed by atoms with van der Waals surface area (Å²) < 4.78 is 0. The third-order valence-corrected chi connectivity index (χ3v) is 8.36. The summed E-state index contributed by atoms with van der Waals surface area (Å²) in [6, 6.07) is 46.4. The van der Waals surface area contributed by atoms with Gasteiger partial charge in [-0.15, -0.1) is 0 Å². The van der Waals surface area contributed by atoms with Gasteiger partial charge in [0.15, 0.2) is 0 Å². The average Bonchev–Trinajstić information content (AvgIpc) is 3.43. The fourth-order valence-electron chi connectivity index (χ4n) is 6.14. The number of benzene rings is 5. The number of anilines is 2. The lowest BCUT2D eigenvalue weighted by Crippen LogP contribution is -2.28. The lowest BCUT2D eigenvalue weighted by Gasteiger charge is -2.28. The Hall–Kier alpha value is -5.67. The van der Waals surface area contributed by atoms with Gasteiger partial charge in [-0.2, -0.15) is 0 Å². The van der Waals surface area contributed by atoms with Gasteiger partial charge in [-0.1, -0.05) is 140 Å². The van der Waals surface area contributed by atoms with E-state index in [0.717, 1.165) is 33.5 Å². The maximum atomic E-state index is 6.51. The van der Waals surface area contributed by atoms with E-state index in [1.165, 1.54) is 16.9 Å². The van der Waals surface area contributed by atoms with Gasteiger partial charge in [-0.3, -0.25) is 0 Å². The third kappa shape index (κ3) is 5.32. The molecule has 0 fully saturated rings. The normalized spacial score (nSPS) is 17.3.